The maximum atomic E-state index is 12.4. The van der Waals surface area contributed by atoms with Crippen LogP contribution in [0.5, 0.6) is 0 Å². The van der Waals surface area contributed by atoms with Gasteiger partial charge in [0.25, 0.3) is 5.91 Å². The van der Waals surface area contributed by atoms with Gasteiger partial charge >= 0.3 is 0 Å². The lowest BCUT2D eigenvalue weighted by molar-refractivity contribution is 0.0766. The van der Waals surface area contributed by atoms with Crippen molar-refractivity contribution in [1.82, 2.24) is 14.9 Å². The van der Waals surface area contributed by atoms with Gasteiger partial charge in [-0.15, -0.1) is 0 Å². The first-order chi connectivity index (χ1) is 11.5. The molecule has 2 rings (SSSR count). The number of benzene rings is 1. The van der Waals surface area contributed by atoms with Crippen LogP contribution >= 0.6 is 11.6 Å². The van der Waals surface area contributed by atoms with Crippen molar-refractivity contribution in [3.8, 4) is 0 Å². The Balaban J connectivity index is 2.02. The number of carbonyl (C=O) groups excluding carboxylic acids is 1. The molecule has 0 bridgehead atoms. The number of amides is 1. The third-order valence-corrected chi connectivity index (χ3v) is 3.99. The molecule has 1 N–H and O–H groups in total. The topological polar surface area (TPSA) is 58.1 Å². The van der Waals surface area contributed by atoms with Crippen LogP contribution in [0.1, 0.15) is 35.7 Å². The van der Waals surface area contributed by atoms with E-state index < -0.39 is 0 Å². The van der Waals surface area contributed by atoms with Crippen LogP contribution in [-0.4, -0.2) is 40.4 Å². The fourth-order valence-electron chi connectivity index (χ4n) is 2.43. The third-order valence-electron chi connectivity index (χ3n) is 3.74. The monoisotopic (exact) mass is 346 g/mol. The maximum Gasteiger partial charge on any atom is 0.272 e. The van der Waals surface area contributed by atoms with Gasteiger partial charge in [0, 0.05) is 30.7 Å². The molecule has 1 heterocycles. The van der Waals surface area contributed by atoms with Gasteiger partial charge in [-0.2, -0.15) is 0 Å². The highest BCUT2D eigenvalue weighted by Gasteiger charge is 2.15. The van der Waals surface area contributed by atoms with Crippen molar-refractivity contribution in [2.75, 3.05) is 25.0 Å². The number of nitrogens with zero attached hydrogens (tertiary/aromatic N) is 3. The van der Waals surface area contributed by atoms with Gasteiger partial charge < -0.3 is 10.2 Å². The average Bonchev–Trinajstić information content (AvgIpc) is 2.57. The Bertz CT molecular complexity index is 684. The van der Waals surface area contributed by atoms with Crippen LogP contribution in [-0.2, 0) is 6.42 Å². The molecule has 128 valence electrons. The van der Waals surface area contributed by atoms with Gasteiger partial charge in [0.05, 0.1) is 0 Å². The van der Waals surface area contributed by atoms with Gasteiger partial charge in [-0.25, -0.2) is 9.97 Å². The van der Waals surface area contributed by atoms with Crippen LogP contribution in [0.25, 0.3) is 0 Å². The molecule has 6 heteroatoms. The van der Waals surface area contributed by atoms with Gasteiger partial charge in [-0.1, -0.05) is 23.7 Å². The number of nitrogens with one attached hydrogen (secondary N) is 1. The molecule has 0 fully saturated rings. The molecule has 0 aliphatic carbocycles. The molecule has 0 saturated heterocycles. The lowest BCUT2D eigenvalue weighted by Gasteiger charge is -2.18. The molecule has 0 atom stereocenters. The number of hydrogen-bond acceptors (Lipinski definition) is 4. The Morgan fingerprint density at radius 1 is 1.17 bits per heavy atom. The Labute approximate surface area is 148 Å². The van der Waals surface area contributed by atoms with Crippen molar-refractivity contribution in [2.45, 2.75) is 27.2 Å². The van der Waals surface area contributed by atoms with Crippen LogP contribution in [0.2, 0.25) is 5.02 Å². The van der Waals surface area contributed by atoms with Crippen molar-refractivity contribution < 1.29 is 4.79 Å². The molecule has 0 spiro atoms. The quantitative estimate of drug-likeness (QED) is 0.832. The smallest absolute Gasteiger partial charge is 0.272 e. The molecular formula is C18H23ClN4O. The summed E-state index contributed by atoms with van der Waals surface area (Å²) in [5, 5.41) is 4.00. The summed E-state index contributed by atoms with van der Waals surface area (Å²) < 4.78 is 0. The number of hydrogen-bond donors (Lipinski definition) is 1. The highest BCUT2D eigenvalue weighted by Crippen LogP contribution is 2.12. The molecular weight excluding hydrogens is 324 g/mol. The number of rotatable bonds is 7. The zero-order chi connectivity index (χ0) is 17.5. The van der Waals surface area contributed by atoms with E-state index in [1.165, 1.54) is 5.56 Å². The number of carbonyl (C=O) groups is 1. The largest absolute Gasteiger partial charge is 0.370 e. The number of aromatic nitrogens is 2. The maximum absolute atomic E-state index is 12.4. The Morgan fingerprint density at radius 3 is 2.46 bits per heavy atom. The SMILES string of the molecule is CCN(CC)C(=O)c1cc(NCCc2ccc(Cl)cc2)nc(C)n1. The second-order valence-corrected chi connectivity index (χ2v) is 5.90. The second-order valence-electron chi connectivity index (χ2n) is 5.47. The molecule has 0 unspecified atom stereocenters. The highest BCUT2D eigenvalue weighted by atomic mass is 35.5. The van der Waals surface area contributed by atoms with E-state index in [2.05, 4.69) is 15.3 Å². The minimum absolute atomic E-state index is 0.0637. The summed E-state index contributed by atoms with van der Waals surface area (Å²) in [5.41, 5.74) is 1.62. The molecule has 2 aromatic rings. The highest BCUT2D eigenvalue weighted by molar-refractivity contribution is 6.30. The van der Waals surface area contributed by atoms with E-state index in [1.54, 1.807) is 17.9 Å². The van der Waals surface area contributed by atoms with Gasteiger partial charge in [0.2, 0.25) is 0 Å². The summed E-state index contributed by atoms with van der Waals surface area (Å²) in [7, 11) is 0. The Kier molecular flexibility index (Phi) is 6.55. The first-order valence-corrected chi connectivity index (χ1v) is 8.54. The molecule has 24 heavy (non-hydrogen) atoms. The molecule has 0 radical (unpaired) electrons. The van der Waals surface area contributed by atoms with Gasteiger partial charge in [-0.3, -0.25) is 4.79 Å². The fourth-order valence-corrected chi connectivity index (χ4v) is 2.55. The predicted octanol–water partition coefficient (Wildman–Crippen LogP) is 3.58. The average molecular weight is 347 g/mol. The van der Waals surface area contributed by atoms with E-state index in [0.29, 0.717) is 30.4 Å². The summed E-state index contributed by atoms with van der Waals surface area (Å²) in [6, 6.07) is 9.49. The van der Waals surface area contributed by atoms with Crippen molar-refractivity contribution in [1.29, 1.82) is 0 Å². The van der Waals surface area contributed by atoms with Crippen molar-refractivity contribution in [2.24, 2.45) is 0 Å². The summed E-state index contributed by atoms with van der Waals surface area (Å²) >= 11 is 5.89. The third kappa shape index (κ3) is 4.93. The van der Waals surface area contributed by atoms with Gasteiger partial charge in [-0.05, 0) is 44.9 Å². The van der Waals surface area contributed by atoms with E-state index in [1.807, 2.05) is 38.1 Å². The lowest BCUT2D eigenvalue weighted by atomic mass is 10.1. The molecule has 0 saturated carbocycles. The molecule has 1 aromatic heterocycles. The van der Waals surface area contributed by atoms with E-state index >= 15 is 0 Å². The molecule has 1 aromatic carbocycles. The fraction of sp³-hybridized carbons (Fsp3) is 0.389. The predicted molar refractivity (Wildman–Crippen MR) is 97.7 cm³/mol. The van der Waals surface area contributed by atoms with E-state index in [-0.39, 0.29) is 5.91 Å². The summed E-state index contributed by atoms with van der Waals surface area (Å²) in [6.07, 6.45) is 0.847. The first kappa shape index (κ1) is 18.2. The van der Waals surface area contributed by atoms with Crippen LogP contribution in [0.4, 0.5) is 5.82 Å². The lowest BCUT2D eigenvalue weighted by Crippen LogP contribution is -2.31. The molecule has 1 amide bonds. The van der Waals surface area contributed by atoms with Crippen LogP contribution in [0.15, 0.2) is 30.3 Å². The van der Waals surface area contributed by atoms with Gasteiger partial charge in [0.15, 0.2) is 0 Å². The zero-order valence-corrected chi connectivity index (χ0v) is 15.1. The Hall–Kier alpha value is -2.14. The van der Waals surface area contributed by atoms with Crippen LogP contribution < -0.4 is 5.32 Å². The van der Waals surface area contributed by atoms with Gasteiger partial charge in [0.1, 0.15) is 17.3 Å². The zero-order valence-electron chi connectivity index (χ0n) is 14.3. The van der Waals surface area contributed by atoms with Crippen LogP contribution in [0.3, 0.4) is 0 Å². The number of aryl methyl sites for hydroxylation is 1. The van der Waals surface area contributed by atoms with Crippen LogP contribution in [0, 0.1) is 6.92 Å². The van der Waals surface area contributed by atoms with Crippen molar-refractivity contribution >= 4 is 23.3 Å². The van der Waals surface area contributed by atoms with Crippen molar-refractivity contribution in [3.63, 3.8) is 0 Å². The summed E-state index contributed by atoms with van der Waals surface area (Å²) in [5.74, 6) is 1.19. The summed E-state index contributed by atoms with van der Waals surface area (Å²) in [6.45, 7) is 7.76. The number of halogens is 1. The minimum Gasteiger partial charge on any atom is -0.370 e. The standard InChI is InChI=1S/C18H23ClN4O/c1-4-23(5-2)18(24)16-12-17(22-13(3)21-16)20-11-10-14-6-8-15(19)9-7-14/h6-9,12H,4-5,10-11H2,1-3H3,(H,20,21,22). The first-order valence-electron chi connectivity index (χ1n) is 8.16. The molecule has 0 aliphatic rings. The minimum atomic E-state index is -0.0637. The summed E-state index contributed by atoms with van der Waals surface area (Å²) in [4.78, 5) is 22.8. The van der Waals surface area contributed by atoms with Crippen molar-refractivity contribution in [3.05, 3.63) is 52.4 Å². The molecule has 0 aliphatic heterocycles. The second kappa shape index (κ2) is 8.64. The normalized spacial score (nSPS) is 10.5. The van der Waals surface area contributed by atoms with E-state index in [0.717, 1.165) is 18.0 Å². The number of anilines is 1. The van der Waals surface area contributed by atoms with E-state index in [9.17, 15) is 4.79 Å². The Morgan fingerprint density at radius 2 is 1.83 bits per heavy atom. The van der Waals surface area contributed by atoms with E-state index in [4.69, 9.17) is 11.6 Å². The molecule has 5 nitrogen and oxygen atoms in total.